The van der Waals surface area contributed by atoms with Gasteiger partial charge in [-0.2, -0.15) is 0 Å². The van der Waals surface area contributed by atoms with Gasteiger partial charge in [-0.25, -0.2) is 0 Å². The molecule has 27 heavy (non-hydrogen) atoms. The molecule has 1 N–H and O–H groups in total. The SMILES string of the molecule is O=C(COc1ccccc1[N+](=O)[O-])NC1CCN(C(=O)c2ccco2)CC1. The lowest BCUT2D eigenvalue weighted by Gasteiger charge is -2.31. The number of hydrogen-bond acceptors (Lipinski definition) is 6. The van der Waals surface area contributed by atoms with Crippen molar-refractivity contribution in [2.45, 2.75) is 18.9 Å². The van der Waals surface area contributed by atoms with E-state index in [0.717, 1.165) is 0 Å². The lowest BCUT2D eigenvalue weighted by molar-refractivity contribution is -0.385. The molecule has 0 saturated carbocycles. The lowest BCUT2D eigenvalue weighted by Crippen LogP contribution is -2.47. The first kappa shape index (κ1) is 18.4. The second-order valence-electron chi connectivity index (χ2n) is 6.12. The highest BCUT2D eigenvalue weighted by atomic mass is 16.6. The molecule has 1 aliphatic rings. The highest BCUT2D eigenvalue weighted by molar-refractivity contribution is 5.91. The molecule has 9 heteroatoms. The fraction of sp³-hybridized carbons (Fsp3) is 0.333. The second-order valence-corrected chi connectivity index (χ2v) is 6.12. The lowest BCUT2D eigenvalue weighted by atomic mass is 10.0. The summed E-state index contributed by atoms with van der Waals surface area (Å²) in [6.07, 6.45) is 2.69. The number of rotatable bonds is 6. The highest BCUT2D eigenvalue weighted by Gasteiger charge is 2.26. The Morgan fingerprint density at radius 3 is 2.63 bits per heavy atom. The van der Waals surface area contributed by atoms with Gasteiger partial charge in [0.15, 0.2) is 18.1 Å². The Balaban J connectivity index is 1.45. The molecular formula is C18H19N3O6. The zero-order chi connectivity index (χ0) is 19.2. The van der Waals surface area contributed by atoms with Crippen LogP contribution in [-0.4, -0.2) is 47.4 Å². The molecule has 3 rings (SSSR count). The maximum absolute atomic E-state index is 12.2. The Morgan fingerprint density at radius 2 is 1.96 bits per heavy atom. The van der Waals surface area contributed by atoms with Gasteiger partial charge in [-0.1, -0.05) is 12.1 Å². The summed E-state index contributed by atoms with van der Waals surface area (Å²) in [5, 5.41) is 13.8. The van der Waals surface area contributed by atoms with Gasteiger partial charge in [-0.05, 0) is 31.0 Å². The molecule has 2 heterocycles. The summed E-state index contributed by atoms with van der Waals surface area (Å²) in [6, 6.07) is 9.11. The van der Waals surface area contributed by atoms with Crippen LogP contribution < -0.4 is 10.1 Å². The van der Waals surface area contributed by atoms with E-state index in [1.165, 1.54) is 24.5 Å². The summed E-state index contributed by atoms with van der Waals surface area (Å²) >= 11 is 0. The third kappa shape index (κ3) is 4.63. The molecule has 0 spiro atoms. The third-order valence-electron chi connectivity index (χ3n) is 4.30. The van der Waals surface area contributed by atoms with E-state index >= 15 is 0 Å². The van der Waals surface area contributed by atoms with E-state index in [1.54, 1.807) is 23.1 Å². The maximum atomic E-state index is 12.2. The molecule has 1 aromatic carbocycles. The predicted molar refractivity (Wildman–Crippen MR) is 94.4 cm³/mol. The van der Waals surface area contributed by atoms with E-state index in [-0.39, 0.29) is 35.9 Å². The van der Waals surface area contributed by atoms with Gasteiger partial charge < -0.3 is 19.4 Å². The van der Waals surface area contributed by atoms with Gasteiger partial charge in [0.05, 0.1) is 11.2 Å². The average Bonchev–Trinajstić information content (AvgIpc) is 3.21. The van der Waals surface area contributed by atoms with Crippen LogP contribution in [0.25, 0.3) is 0 Å². The van der Waals surface area contributed by atoms with Crippen molar-refractivity contribution < 1.29 is 23.7 Å². The summed E-state index contributed by atoms with van der Waals surface area (Å²) in [4.78, 5) is 36.3. The number of hydrogen-bond donors (Lipinski definition) is 1. The fourth-order valence-electron chi connectivity index (χ4n) is 2.93. The zero-order valence-corrected chi connectivity index (χ0v) is 14.5. The second kappa shape index (κ2) is 8.35. The number of para-hydroxylation sites is 2. The molecule has 1 aromatic heterocycles. The summed E-state index contributed by atoms with van der Waals surface area (Å²) < 4.78 is 10.4. The summed E-state index contributed by atoms with van der Waals surface area (Å²) in [5.74, 6) is -0.166. The van der Waals surface area contributed by atoms with Crippen LogP contribution in [0.4, 0.5) is 5.69 Å². The molecule has 1 fully saturated rings. The molecule has 2 aromatic rings. The number of ether oxygens (including phenoxy) is 1. The number of carbonyl (C=O) groups excluding carboxylic acids is 2. The number of furan rings is 1. The van der Waals surface area contributed by atoms with Gasteiger partial charge in [0.25, 0.3) is 11.8 Å². The Bertz CT molecular complexity index is 812. The number of likely N-dealkylation sites (tertiary alicyclic amines) is 1. The van der Waals surface area contributed by atoms with E-state index in [4.69, 9.17) is 9.15 Å². The molecule has 0 bridgehead atoms. The van der Waals surface area contributed by atoms with E-state index in [0.29, 0.717) is 31.7 Å². The summed E-state index contributed by atoms with van der Waals surface area (Å²) in [6.45, 7) is 0.710. The molecule has 0 aliphatic carbocycles. The van der Waals surface area contributed by atoms with Crippen LogP contribution in [0.15, 0.2) is 47.1 Å². The molecule has 1 aliphatic heterocycles. The first-order valence-corrected chi connectivity index (χ1v) is 8.53. The largest absolute Gasteiger partial charge is 0.477 e. The Hall–Kier alpha value is -3.36. The number of nitrogens with zero attached hydrogens (tertiary/aromatic N) is 2. The van der Waals surface area contributed by atoms with Gasteiger partial charge in [0.2, 0.25) is 0 Å². The number of nitro groups is 1. The molecular weight excluding hydrogens is 354 g/mol. The van der Waals surface area contributed by atoms with Crippen molar-refractivity contribution in [3.05, 3.63) is 58.5 Å². The molecule has 0 radical (unpaired) electrons. The van der Waals surface area contributed by atoms with Crippen molar-refractivity contribution in [1.29, 1.82) is 0 Å². The first-order valence-electron chi connectivity index (χ1n) is 8.53. The molecule has 0 atom stereocenters. The maximum Gasteiger partial charge on any atom is 0.310 e. The van der Waals surface area contributed by atoms with Crippen LogP contribution >= 0.6 is 0 Å². The van der Waals surface area contributed by atoms with Crippen molar-refractivity contribution in [2.75, 3.05) is 19.7 Å². The van der Waals surface area contributed by atoms with Gasteiger partial charge in [0.1, 0.15) is 0 Å². The molecule has 0 unspecified atom stereocenters. The minimum absolute atomic E-state index is 0.0523. The summed E-state index contributed by atoms with van der Waals surface area (Å²) in [7, 11) is 0. The highest BCUT2D eigenvalue weighted by Crippen LogP contribution is 2.25. The van der Waals surface area contributed by atoms with Crippen LogP contribution in [0, 0.1) is 10.1 Å². The van der Waals surface area contributed by atoms with E-state index < -0.39 is 4.92 Å². The van der Waals surface area contributed by atoms with Gasteiger partial charge >= 0.3 is 5.69 Å². The number of piperidine rings is 1. The zero-order valence-electron chi connectivity index (χ0n) is 14.5. The quantitative estimate of drug-likeness (QED) is 0.612. The van der Waals surface area contributed by atoms with Crippen LogP contribution in [-0.2, 0) is 4.79 Å². The molecule has 142 valence electrons. The van der Waals surface area contributed by atoms with Crippen molar-refractivity contribution in [3.63, 3.8) is 0 Å². The van der Waals surface area contributed by atoms with Crippen molar-refractivity contribution in [1.82, 2.24) is 10.2 Å². The van der Waals surface area contributed by atoms with Gasteiger partial charge in [-0.3, -0.25) is 19.7 Å². The minimum Gasteiger partial charge on any atom is -0.477 e. The van der Waals surface area contributed by atoms with Crippen LogP contribution in [0.3, 0.4) is 0 Å². The predicted octanol–water partition coefficient (Wildman–Crippen LogP) is 1.99. The number of benzene rings is 1. The summed E-state index contributed by atoms with van der Waals surface area (Å²) in [5.41, 5.74) is -0.185. The average molecular weight is 373 g/mol. The standard InChI is InChI=1S/C18H19N3O6/c22-17(12-27-15-5-2-1-4-14(15)21(24)25)19-13-7-9-20(10-8-13)18(23)16-6-3-11-26-16/h1-6,11,13H,7-10,12H2,(H,19,22). The van der Waals surface area contributed by atoms with Gasteiger partial charge in [-0.15, -0.1) is 0 Å². The van der Waals surface area contributed by atoms with E-state index in [2.05, 4.69) is 5.32 Å². The van der Waals surface area contributed by atoms with Crippen molar-refractivity contribution >= 4 is 17.5 Å². The Morgan fingerprint density at radius 1 is 1.22 bits per heavy atom. The molecule has 9 nitrogen and oxygen atoms in total. The third-order valence-corrected chi connectivity index (χ3v) is 4.30. The van der Waals surface area contributed by atoms with Gasteiger partial charge in [0, 0.05) is 25.2 Å². The minimum atomic E-state index is -0.557. The fourth-order valence-corrected chi connectivity index (χ4v) is 2.93. The normalized spacial score (nSPS) is 14.6. The van der Waals surface area contributed by atoms with Crippen molar-refractivity contribution in [2.24, 2.45) is 0 Å². The van der Waals surface area contributed by atoms with Crippen LogP contribution in [0.5, 0.6) is 5.75 Å². The van der Waals surface area contributed by atoms with E-state index in [1.807, 2.05) is 0 Å². The monoisotopic (exact) mass is 373 g/mol. The molecule has 1 saturated heterocycles. The van der Waals surface area contributed by atoms with Crippen LogP contribution in [0.2, 0.25) is 0 Å². The van der Waals surface area contributed by atoms with Crippen molar-refractivity contribution in [3.8, 4) is 5.75 Å². The Kier molecular flexibility index (Phi) is 5.70. The topological polar surface area (TPSA) is 115 Å². The van der Waals surface area contributed by atoms with Crippen LogP contribution in [0.1, 0.15) is 23.4 Å². The number of nitro benzene ring substituents is 1. The van der Waals surface area contributed by atoms with E-state index in [9.17, 15) is 19.7 Å². The Labute approximate surface area is 155 Å². The first-order chi connectivity index (χ1) is 13.0. The number of nitrogens with one attached hydrogen (secondary N) is 1. The number of carbonyl (C=O) groups is 2. The number of amides is 2. The molecule has 2 amide bonds. The smallest absolute Gasteiger partial charge is 0.310 e.